The average Bonchev–Trinajstić information content (AvgIpc) is 2.18. The minimum Gasteiger partial charge on any atom is -0.496 e. The van der Waals surface area contributed by atoms with Crippen molar-refractivity contribution in [1.82, 2.24) is 0 Å². The fourth-order valence-electron chi connectivity index (χ4n) is 1.24. The highest BCUT2D eigenvalue weighted by Crippen LogP contribution is 2.20. The summed E-state index contributed by atoms with van der Waals surface area (Å²) in [5.74, 6) is -0.377. The molecule has 0 saturated heterocycles. The Morgan fingerprint density at radius 1 is 1.57 bits per heavy atom. The molecule has 0 saturated carbocycles. The highest BCUT2D eigenvalue weighted by molar-refractivity contribution is 5.88. The maximum Gasteiger partial charge on any atom is 0.335 e. The molecule has 1 rings (SSSR count). The number of hydrogen-bond acceptors (Lipinski definition) is 3. The van der Waals surface area contributed by atoms with E-state index < -0.39 is 5.97 Å². The Morgan fingerprint density at radius 3 is 2.79 bits per heavy atom. The van der Waals surface area contributed by atoms with Crippen LogP contribution >= 0.6 is 0 Å². The summed E-state index contributed by atoms with van der Waals surface area (Å²) in [5, 5.41) is 8.75. The van der Waals surface area contributed by atoms with E-state index >= 15 is 0 Å². The lowest BCUT2D eigenvalue weighted by Crippen LogP contribution is -2.05. The number of carbonyl (C=O) groups is 1. The lowest BCUT2D eigenvalue weighted by atomic mass is 10.1. The zero-order valence-electron chi connectivity index (χ0n) is 7.99. The molecule has 0 aliphatic carbocycles. The summed E-state index contributed by atoms with van der Waals surface area (Å²) in [6.07, 6.45) is 0.684. The molecule has 0 aromatic heterocycles. The van der Waals surface area contributed by atoms with Crippen molar-refractivity contribution in [2.24, 2.45) is 5.73 Å². The van der Waals surface area contributed by atoms with Crippen molar-refractivity contribution in [3.8, 4) is 5.75 Å². The summed E-state index contributed by atoms with van der Waals surface area (Å²) in [7, 11) is 1.51. The minimum atomic E-state index is -0.956. The first-order chi connectivity index (χ1) is 6.69. The Balaban J connectivity index is 3.04. The van der Waals surface area contributed by atoms with Crippen LogP contribution in [0.3, 0.4) is 0 Å². The predicted molar refractivity (Wildman–Crippen MR) is 52.7 cm³/mol. The highest BCUT2D eigenvalue weighted by atomic mass is 16.5. The zero-order chi connectivity index (χ0) is 10.6. The summed E-state index contributed by atoms with van der Waals surface area (Å²) in [6, 6.07) is 4.79. The molecule has 0 amide bonds. The second-order valence-electron chi connectivity index (χ2n) is 2.87. The normalized spacial score (nSPS) is 9.86. The molecule has 0 heterocycles. The first-order valence-electron chi connectivity index (χ1n) is 4.29. The van der Waals surface area contributed by atoms with Crippen LogP contribution in [0.4, 0.5) is 0 Å². The molecule has 14 heavy (non-hydrogen) atoms. The summed E-state index contributed by atoms with van der Waals surface area (Å²) in [4.78, 5) is 10.7. The maximum absolute atomic E-state index is 10.7. The second-order valence-corrected chi connectivity index (χ2v) is 2.87. The molecule has 0 radical (unpaired) electrons. The number of benzene rings is 1. The second kappa shape index (κ2) is 4.62. The average molecular weight is 195 g/mol. The first-order valence-corrected chi connectivity index (χ1v) is 4.29. The third kappa shape index (κ3) is 2.23. The van der Waals surface area contributed by atoms with Crippen LogP contribution in [-0.2, 0) is 6.42 Å². The van der Waals surface area contributed by atoms with Crippen molar-refractivity contribution in [2.45, 2.75) is 6.42 Å². The van der Waals surface area contributed by atoms with E-state index in [0.717, 1.165) is 5.56 Å². The van der Waals surface area contributed by atoms with Gasteiger partial charge in [-0.3, -0.25) is 0 Å². The Morgan fingerprint density at radius 2 is 2.29 bits per heavy atom. The lowest BCUT2D eigenvalue weighted by molar-refractivity contribution is 0.0696. The molecule has 0 unspecified atom stereocenters. The molecule has 0 atom stereocenters. The molecule has 3 N–H and O–H groups in total. The Kier molecular flexibility index (Phi) is 3.48. The van der Waals surface area contributed by atoms with Gasteiger partial charge >= 0.3 is 5.97 Å². The summed E-state index contributed by atoms with van der Waals surface area (Å²) in [6.45, 7) is 0.517. The van der Waals surface area contributed by atoms with Gasteiger partial charge in [-0.25, -0.2) is 4.79 Å². The molecule has 1 aromatic carbocycles. The molecular formula is C10H13NO3. The van der Waals surface area contributed by atoms with Crippen LogP contribution in [0, 0.1) is 0 Å². The molecular weight excluding hydrogens is 182 g/mol. The fraction of sp³-hybridized carbons (Fsp3) is 0.300. The van der Waals surface area contributed by atoms with E-state index in [-0.39, 0.29) is 5.56 Å². The minimum absolute atomic E-state index is 0.225. The van der Waals surface area contributed by atoms with E-state index in [1.54, 1.807) is 12.1 Å². The molecule has 4 heteroatoms. The van der Waals surface area contributed by atoms with E-state index in [1.165, 1.54) is 13.2 Å². The first kappa shape index (κ1) is 10.5. The van der Waals surface area contributed by atoms with Crippen molar-refractivity contribution in [1.29, 1.82) is 0 Å². The van der Waals surface area contributed by atoms with Crippen LogP contribution in [0.5, 0.6) is 5.75 Å². The van der Waals surface area contributed by atoms with Crippen LogP contribution in [0.15, 0.2) is 18.2 Å². The number of nitrogens with two attached hydrogens (primary N) is 1. The monoisotopic (exact) mass is 195 g/mol. The lowest BCUT2D eigenvalue weighted by Gasteiger charge is -2.07. The van der Waals surface area contributed by atoms with Crippen molar-refractivity contribution in [3.63, 3.8) is 0 Å². The van der Waals surface area contributed by atoms with Crippen molar-refractivity contribution in [2.75, 3.05) is 13.7 Å². The summed E-state index contributed by atoms with van der Waals surface area (Å²) < 4.78 is 5.07. The van der Waals surface area contributed by atoms with E-state index in [0.29, 0.717) is 18.7 Å². The van der Waals surface area contributed by atoms with Gasteiger partial charge in [0.05, 0.1) is 12.7 Å². The van der Waals surface area contributed by atoms with E-state index in [9.17, 15) is 4.79 Å². The van der Waals surface area contributed by atoms with Gasteiger partial charge in [0.15, 0.2) is 0 Å². The van der Waals surface area contributed by atoms with Gasteiger partial charge in [-0.2, -0.15) is 0 Å². The van der Waals surface area contributed by atoms with Gasteiger partial charge in [0.2, 0.25) is 0 Å². The topological polar surface area (TPSA) is 72.5 Å². The zero-order valence-corrected chi connectivity index (χ0v) is 7.99. The Hall–Kier alpha value is -1.55. The number of hydrogen-bond donors (Lipinski definition) is 2. The van der Waals surface area contributed by atoms with Gasteiger partial charge in [-0.05, 0) is 30.7 Å². The highest BCUT2D eigenvalue weighted by Gasteiger charge is 2.07. The van der Waals surface area contributed by atoms with E-state index in [4.69, 9.17) is 15.6 Å². The Labute approximate surface area is 82.3 Å². The van der Waals surface area contributed by atoms with Crippen LogP contribution < -0.4 is 10.5 Å². The molecule has 76 valence electrons. The van der Waals surface area contributed by atoms with E-state index in [2.05, 4.69) is 0 Å². The van der Waals surface area contributed by atoms with Crippen molar-refractivity contribution in [3.05, 3.63) is 29.3 Å². The molecule has 0 spiro atoms. The van der Waals surface area contributed by atoms with Gasteiger partial charge < -0.3 is 15.6 Å². The fourth-order valence-corrected chi connectivity index (χ4v) is 1.24. The van der Waals surface area contributed by atoms with Crippen LogP contribution in [-0.4, -0.2) is 24.7 Å². The number of ether oxygens (including phenoxy) is 1. The summed E-state index contributed by atoms with van der Waals surface area (Å²) >= 11 is 0. The maximum atomic E-state index is 10.7. The molecule has 0 aliphatic heterocycles. The number of aromatic carboxylic acids is 1. The smallest absolute Gasteiger partial charge is 0.335 e. The SMILES string of the molecule is COc1cc(C(=O)O)ccc1CCN. The standard InChI is InChI=1S/C10H13NO3/c1-14-9-6-8(10(12)13)3-2-7(9)4-5-11/h2-3,6H,4-5,11H2,1H3,(H,12,13). The largest absolute Gasteiger partial charge is 0.496 e. The predicted octanol–water partition coefficient (Wildman–Crippen LogP) is 0.895. The molecule has 0 fully saturated rings. The van der Waals surface area contributed by atoms with Crippen molar-refractivity contribution < 1.29 is 14.6 Å². The van der Waals surface area contributed by atoms with Crippen LogP contribution in [0.2, 0.25) is 0 Å². The Bertz CT molecular complexity index is 336. The van der Waals surface area contributed by atoms with Gasteiger partial charge in [-0.1, -0.05) is 6.07 Å². The molecule has 0 bridgehead atoms. The van der Waals surface area contributed by atoms with Crippen LogP contribution in [0.1, 0.15) is 15.9 Å². The quantitative estimate of drug-likeness (QED) is 0.748. The molecule has 1 aromatic rings. The van der Waals surface area contributed by atoms with Crippen LogP contribution in [0.25, 0.3) is 0 Å². The number of rotatable bonds is 4. The number of methoxy groups -OCH3 is 1. The molecule has 0 aliphatic rings. The third-order valence-corrected chi connectivity index (χ3v) is 1.95. The van der Waals surface area contributed by atoms with Gasteiger partial charge in [0, 0.05) is 0 Å². The van der Waals surface area contributed by atoms with Crippen molar-refractivity contribution >= 4 is 5.97 Å². The van der Waals surface area contributed by atoms with Gasteiger partial charge in [-0.15, -0.1) is 0 Å². The summed E-state index contributed by atoms with van der Waals surface area (Å²) in [5.41, 5.74) is 6.57. The number of carboxylic acid groups (broad SMARTS) is 1. The van der Waals surface area contributed by atoms with E-state index in [1.807, 2.05) is 0 Å². The number of carboxylic acids is 1. The molecule has 4 nitrogen and oxygen atoms in total. The van der Waals surface area contributed by atoms with Gasteiger partial charge in [0.1, 0.15) is 5.75 Å². The van der Waals surface area contributed by atoms with Gasteiger partial charge in [0.25, 0.3) is 0 Å². The third-order valence-electron chi connectivity index (χ3n) is 1.95.